The van der Waals surface area contributed by atoms with Gasteiger partial charge >= 0.3 is 5.91 Å². The van der Waals surface area contributed by atoms with Gasteiger partial charge < -0.3 is 0 Å². The van der Waals surface area contributed by atoms with E-state index in [1.807, 2.05) is 0 Å². The number of aromatic nitrogens is 2. The van der Waals surface area contributed by atoms with E-state index in [0.717, 1.165) is 0 Å². The van der Waals surface area contributed by atoms with Crippen molar-refractivity contribution < 1.29 is 9.15 Å². The van der Waals surface area contributed by atoms with E-state index in [0.29, 0.717) is 0 Å². The predicted octanol–water partition coefficient (Wildman–Crippen LogP) is 12.9. The number of fused-ring (bicyclic) bond motifs is 14. The third-order valence-corrected chi connectivity index (χ3v) is 16.8. The highest BCUT2D eigenvalue weighted by Gasteiger charge is 2.76. The maximum atomic E-state index is 2.83. The Bertz CT molecular complexity index is 4550. The first-order valence-corrected chi connectivity index (χ1v) is 25.4. The molecule has 0 radical (unpaired) electrons. The molecule has 0 amide bonds. The van der Waals surface area contributed by atoms with Crippen molar-refractivity contribution in [3.63, 3.8) is 0 Å². The summed E-state index contributed by atoms with van der Waals surface area (Å²) in [6.07, 6.45) is 0. The summed E-state index contributed by atoms with van der Waals surface area (Å²) in [5, 5.41) is 12.3. The Morgan fingerprint density at radius 3 is 0.945 bits per heavy atom. The SMILES string of the molecule is c1ccc(C2=C3c4cc5ccccc5cc4C4=[N+]3C35n6c2c2ccccc2c6C(c2ccccc2)=C2c6cc7ccccc7cc6C(=[N+]23)C(c2ccccc2)=c2c3ccccc3c(n25)=C4c2ccccc2)cc1. The third kappa shape index (κ3) is 4.43. The molecule has 0 atom stereocenters. The van der Waals surface area contributed by atoms with Crippen LogP contribution in [-0.2, 0) is 5.91 Å². The Labute approximate surface area is 419 Å². The number of rotatable bonds is 4. The molecule has 4 heteroatoms. The normalized spacial score (nSPS) is 16.1. The van der Waals surface area contributed by atoms with Gasteiger partial charge in [-0.25, -0.2) is 0 Å². The molecule has 73 heavy (non-hydrogen) atoms. The maximum Gasteiger partial charge on any atom is 0.554 e. The highest BCUT2D eigenvalue weighted by molar-refractivity contribution is 6.37. The molecule has 334 valence electrons. The van der Waals surface area contributed by atoms with E-state index in [9.17, 15) is 0 Å². The van der Waals surface area contributed by atoms with E-state index < -0.39 is 5.91 Å². The minimum Gasteiger partial charge on any atom is -0.197 e. The second-order valence-corrected chi connectivity index (χ2v) is 20.3. The van der Waals surface area contributed by atoms with Crippen LogP contribution in [0.15, 0.2) is 243 Å². The summed E-state index contributed by atoms with van der Waals surface area (Å²) in [6.45, 7) is 0. The van der Waals surface area contributed by atoms with Gasteiger partial charge in [0.05, 0.1) is 66.6 Å². The Kier molecular flexibility index (Phi) is 7.00. The Balaban J connectivity index is 1.22. The molecular weight excluding hydrogens is 885 g/mol. The van der Waals surface area contributed by atoms with Crippen LogP contribution in [0, 0.1) is 0 Å². The van der Waals surface area contributed by atoms with Gasteiger partial charge in [-0.05, 0) is 68.1 Å². The van der Waals surface area contributed by atoms with E-state index in [1.54, 1.807) is 0 Å². The third-order valence-electron chi connectivity index (χ3n) is 16.8. The number of hydrogen-bond donors (Lipinski definition) is 0. The molecule has 1 spiro atoms. The van der Waals surface area contributed by atoms with Gasteiger partial charge in [0, 0.05) is 21.5 Å². The molecule has 0 N–H and O–H groups in total. The highest BCUT2D eigenvalue weighted by atomic mass is 15.6. The molecule has 2 aromatic heterocycles. The van der Waals surface area contributed by atoms with E-state index in [2.05, 4.69) is 261 Å². The van der Waals surface area contributed by atoms with Gasteiger partial charge in [-0.15, -0.1) is 0 Å². The second-order valence-electron chi connectivity index (χ2n) is 20.3. The first-order valence-electron chi connectivity index (χ1n) is 25.4. The van der Waals surface area contributed by atoms with Crippen LogP contribution in [0.4, 0.5) is 0 Å². The summed E-state index contributed by atoms with van der Waals surface area (Å²) in [6, 6.07) is 91.4. The molecule has 8 heterocycles. The fourth-order valence-electron chi connectivity index (χ4n) is 14.2. The van der Waals surface area contributed by atoms with Crippen LogP contribution >= 0.6 is 0 Å². The Morgan fingerprint density at radius 1 is 0.274 bits per heavy atom. The molecule has 10 aromatic carbocycles. The average Bonchev–Trinajstić information content (AvgIpc) is 4.25. The van der Waals surface area contributed by atoms with E-state index in [-0.39, 0.29) is 0 Å². The van der Waals surface area contributed by atoms with Gasteiger partial charge in [0.15, 0.2) is 0 Å². The van der Waals surface area contributed by atoms with Crippen molar-refractivity contribution in [1.29, 1.82) is 0 Å². The molecule has 4 nitrogen and oxygen atoms in total. The first-order chi connectivity index (χ1) is 36.3. The number of nitrogens with zero attached hydrogens (tertiary/aromatic N) is 4. The monoisotopic (exact) mass is 924 g/mol. The van der Waals surface area contributed by atoms with Crippen LogP contribution in [-0.4, -0.2) is 29.7 Å². The van der Waals surface area contributed by atoms with Gasteiger partial charge in [-0.1, -0.05) is 228 Å². The smallest absolute Gasteiger partial charge is 0.197 e. The molecule has 0 fully saturated rings. The Morgan fingerprint density at radius 2 is 0.575 bits per heavy atom. The van der Waals surface area contributed by atoms with E-state index >= 15 is 0 Å². The fourth-order valence-corrected chi connectivity index (χ4v) is 14.2. The zero-order chi connectivity index (χ0) is 47.3. The van der Waals surface area contributed by atoms with Crippen molar-refractivity contribution in [1.82, 2.24) is 9.13 Å². The lowest BCUT2D eigenvalue weighted by molar-refractivity contribution is -0.805. The van der Waals surface area contributed by atoms with Gasteiger partial charge in [-0.2, -0.15) is 9.13 Å². The van der Waals surface area contributed by atoms with Crippen LogP contribution in [0.3, 0.4) is 0 Å². The molecule has 0 aliphatic carbocycles. The lowest BCUT2D eigenvalue weighted by Crippen LogP contribution is -2.71. The summed E-state index contributed by atoms with van der Waals surface area (Å²) in [5.74, 6) is -1.06. The fraction of sp³-hybridized carbons (Fsp3) is 0.0145. The van der Waals surface area contributed by atoms with Crippen LogP contribution in [0.5, 0.6) is 0 Å². The molecule has 6 aliphatic heterocycles. The van der Waals surface area contributed by atoms with E-state index in [4.69, 9.17) is 0 Å². The number of hydrogen-bond acceptors (Lipinski definition) is 0. The summed E-state index contributed by atoms with van der Waals surface area (Å²) in [4.78, 5) is 0. The van der Waals surface area contributed by atoms with Gasteiger partial charge in [0.2, 0.25) is 22.8 Å². The quantitative estimate of drug-likeness (QED) is 0.156. The topological polar surface area (TPSA) is 15.9 Å². The minimum atomic E-state index is -1.06. The van der Waals surface area contributed by atoms with Crippen molar-refractivity contribution in [2.24, 2.45) is 0 Å². The van der Waals surface area contributed by atoms with Crippen LogP contribution < -0.4 is 10.7 Å². The van der Waals surface area contributed by atoms with Crippen molar-refractivity contribution in [2.45, 2.75) is 5.91 Å². The second kappa shape index (κ2) is 13.4. The summed E-state index contributed by atoms with van der Waals surface area (Å²) in [7, 11) is 0. The van der Waals surface area contributed by atoms with Crippen molar-refractivity contribution >= 4 is 88.2 Å². The van der Waals surface area contributed by atoms with Crippen molar-refractivity contribution in [3.8, 4) is 0 Å². The summed E-state index contributed by atoms with van der Waals surface area (Å²) >= 11 is 0. The summed E-state index contributed by atoms with van der Waals surface area (Å²) in [5.41, 5.74) is 22.0. The van der Waals surface area contributed by atoms with Gasteiger partial charge in [0.25, 0.3) is 0 Å². The maximum absolute atomic E-state index is 2.83. The molecule has 18 rings (SSSR count). The summed E-state index contributed by atoms with van der Waals surface area (Å²) < 4.78 is 11.3. The molecule has 0 bridgehead atoms. The highest BCUT2D eigenvalue weighted by Crippen LogP contribution is 2.61. The van der Waals surface area contributed by atoms with Crippen LogP contribution in [0.2, 0.25) is 0 Å². The van der Waals surface area contributed by atoms with Crippen LogP contribution in [0.1, 0.15) is 55.9 Å². The van der Waals surface area contributed by atoms with Crippen molar-refractivity contribution in [3.05, 3.63) is 309 Å². The lowest BCUT2D eigenvalue weighted by atomic mass is 9.89. The number of benzene rings is 10. The average molecular weight is 925 g/mol. The predicted molar refractivity (Wildman–Crippen MR) is 296 cm³/mol. The Hall–Kier alpha value is -9.64. The standard InChI is InChI=1S/C69H40N4/c1-5-21-41(22-6-1)57-61-49-33-17-18-34-50(49)62-58(42-23-7-2-8-24-42)67-55-39-47-31-15-16-32-48(47)40-56(55)68-60(44-27-11-4-12-28-44)64-52-36-20-19-35-51(52)63-59(43-25-9-3-10-26-43)66-54-38-46-30-14-13-29-45(46)37-53(54)65(57)72(66)69(70(61)62,71(63)64)73(67)68/h1-40H/q+2. The largest absolute Gasteiger partial charge is 0.554 e. The van der Waals surface area contributed by atoms with Gasteiger partial charge in [0.1, 0.15) is 0 Å². The van der Waals surface area contributed by atoms with Gasteiger partial charge in [-0.3, -0.25) is 0 Å². The van der Waals surface area contributed by atoms with Crippen molar-refractivity contribution in [2.75, 3.05) is 0 Å². The molecule has 6 aliphatic rings. The molecule has 0 unspecified atom stereocenters. The molecule has 0 saturated carbocycles. The molecule has 12 aromatic rings. The van der Waals surface area contributed by atoms with Crippen LogP contribution in [0.25, 0.3) is 76.8 Å². The van der Waals surface area contributed by atoms with E-state index in [1.165, 1.54) is 155 Å². The first kappa shape index (κ1) is 38.2. The minimum absolute atomic E-state index is 1.06. The molecule has 0 saturated heterocycles. The molecular formula is C69H40N4+2. The zero-order valence-electron chi connectivity index (χ0n) is 39.4. The zero-order valence-corrected chi connectivity index (χ0v) is 39.4. The lowest BCUT2D eigenvalue weighted by Gasteiger charge is -2.41.